The van der Waals surface area contributed by atoms with Crippen LogP contribution < -0.4 is 5.32 Å². The van der Waals surface area contributed by atoms with Crippen molar-refractivity contribution in [2.45, 2.75) is 12.2 Å². The summed E-state index contributed by atoms with van der Waals surface area (Å²) in [7, 11) is 0. The number of carbonyl (C=O) groups is 2. The Balaban J connectivity index is 1.75. The Morgan fingerprint density at radius 1 is 1.32 bits per heavy atom. The third-order valence-corrected chi connectivity index (χ3v) is 4.39. The monoisotopic (exact) mass is 326 g/mol. The van der Waals surface area contributed by atoms with Crippen LogP contribution in [-0.4, -0.2) is 54.0 Å². The van der Waals surface area contributed by atoms with Crippen LogP contribution in [-0.2, 0) is 14.3 Å². The highest BCUT2D eigenvalue weighted by atomic mass is 32.2. The Labute approximate surface area is 133 Å². The summed E-state index contributed by atoms with van der Waals surface area (Å²) in [6, 6.07) is 5.57. The first-order chi connectivity index (χ1) is 10.6. The molecular formula is C15H19FN2O3S. The normalized spacial score (nSPS) is 16.2. The number of anilines is 1. The van der Waals surface area contributed by atoms with Crippen LogP contribution in [0.3, 0.4) is 0 Å². The summed E-state index contributed by atoms with van der Waals surface area (Å²) in [5.74, 6) is -0.354. The van der Waals surface area contributed by atoms with E-state index in [2.05, 4.69) is 5.32 Å². The van der Waals surface area contributed by atoms with Crippen molar-refractivity contribution >= 4 is 29.3 Å². The highest BCUT2D eigenvalue weighted by molar-refractivity contribution is 8.01. The van der Waals surface area contributed by atoms with Gasteiger partial charge >= 0.3 is 0 Å². The van der Waals surface area contributed by atoms with Gasteiger partial charge in [-0.2, -0.15) is 0 Å². The van der Waals surface area contributed by atoms with E-state index in [1.807, 2.05) is 0 Å². The number of nitrogens with one attached hydrogen (secondary N) is 1. The highest BCUT2D eigenvalue weighted by Crippen LogP contribution is 2.15. The minimum atomic E-state index is -0.350. The van der Waals surface area contributed by atoms with E-state index < -0.39 is 0 Å². The quantitative estimate of drug-likeness (QED) is 0.895. The molecule has 1 aliphatic rings. The van der Waals surface area contributed by atoms with Crippen molar-refractivity contribution in [3.8, 4) is 0 Å². The van der Waals surface area contributed by atoms with Gasteiger partial charge in [0, 0.05) is 18.8 Å². The molecule has 22 heavy (non-hydrogen) atoms. The first kappa shape index (κ1) is 16.8. The molecule has 0 spiro atoms. The molecule has 7 heteroatoms. The molecule has 1 atom stereocenters. The van der Waals surface area contributed by atoms with Crippen LogP contribution in [0, 0.1) is 5.82 Å². The molecule has 1 heterocycles. The van der Waals surface area contributed by atoms with E-state index in [1.54, 1.807) is 11.8 Å². The number of nitrogens with zero attached hydrogens (tertiary/aromatic N) is 1. The van der Waals surface area contributed by atoms with Gasteiger partial charge in [-0.25, -0.2) is 4.39 Å². The number of amides is 2. The van der Waals surface area contributed by atoms with E-state index in [9.17, 15) is 14.0 Å². The molecule has 1 aromatic rings. The molecule has 1 aliphatic heterocycles. The molecule has 1 N–H and O–H groups in total. The largest absolute Gasteiger partial charge is 0.378 e. The van der Waals surface area contributed by atoms with Gasteiger partial charge in [0.2, 0.25) is 11.8 Å². The SMILES string of the molecule is CC(SCC(=O)Nc1ccc(F)cc1)C(=O)N1CCOCC1. The number of benzene rings is 1. The Morgan fingerprint density at radius 3 is 2.59 bits per heavy atom. The van der Waals surface area contributed by atoms with Gasteiger partial charge in [0.1, 0.15) is 5.82 Å². The van der Waals surface area contributed by atoms with Gasteiger partial charge in [-0.1, -0.05) is 0 Å². The molecule has 1 aromatic carbocycles. The lowest BCUT2D eigenvalue weighted by atomic mass is 10.3. The average molecular weight is 326 g/mol. The van der Waals surface area contributed by atoms with Gasteiger partial charge in [-0.05, 0) is 31.2 Å². The van der Waals surface area contributed by atoms with E-state index in [0.29, 0.717) is 32.0 Å². The van der Waals surface area contributed by atoms with Crippen molar-refractivity contribution in [1.82, 2.24) is 4.90 Å². The topological polar surface area (TPSA) is 58.6 Å². The van der Waals surface area contributed by atoms with Crippen molar-refractivity contribution in [1.29, 1.82) is 0 Å². The van der Waals surface area contributed by atoms with Crippen LogP contribution in [0.5, 0.6) is 0 Å². The second-order valence-electron chi connectivity index (χ2n) is 4.95. The molecular weight excluding hydrogens is 307 g/mol. The number of halogens is 1. The number of morpholine rings is 1. The molecule has 120 valence electrons. The molecule has 0 aliphatic carbocycles. The average Bonchev–Trinajstić information content (AvgIpc) is 2.55. The predicted molar refractivity (Wildman–Crippen MR) is 84.3 cm³/mol. The fourth-order valence-corrected chi connectivity index (χ4v) is 2.81. The molecule has 2 rings (SSSR count). The Hall–Kier alpha value is -1.60. The summed E-state index contributed by atoms with van der Waals surface area (Å²) >= 11 is 1.29. The molecule has 0 saturated carbocycles. The van der Waals surface area contributed by atoms with Crippen molar-refractivity contribution < 1.29 is 18.7 Å². The molecule has 2 amide bonds. The lowest BCUT2D eigenvalue weighted by Gasteiger charge is -2.29. The smallest absolute Gasteiger partial charge is 0.235 e. The molecule has 0 radical (unpaired) electrons. The van der Waals surface area contributed by atoms with Gasteiger partial charge in [0.05, 0.1) is 24.2 Å². The van der Waals surface area contributed by atoms with Crippen molar-refractivity contribution in [3.05, 3.63) is 30.1 Å². The van der Waals surface area contributed by atoms with Gasteiger partial charge in [0.25, 0.3) is 0 Å². The van der Waals surface area contributed by atoms with Crippen LogP contribution in [0.15, 0.2) is 24.3 Å². The first-order valence-electron chi connectivity index (χ1n) is 7.10. The Kier molecular flexibility index (Phi) is 6.21. The fourth-order valence-electron chi connectivity index (χ4n) is 2.04. The summed E-state index contributed by atoms with van der Waals surface area (Å²) in [6.45, 7) is 4.13. The summed E-state index contributed by atoms with van der Waals surface area (Å²) in [6.07, 6.45) is 0. The third kappa shape index (κ3) is 4.99. The Morgan fingerprint density at radius 2 is 1.95 bits per heavy atom. The zero-order valence-corrected chi connectivity index (χ0v) is 13.2. The number of carbonyl (C=O) groups excluding carboxylic acids is 2. The second kappa shape index (κ2) is 8.14. The molecule has 5 nitrogen and oxygen atoms in total. The van der Waals surface area contributed by atoms with Crippen molar-refractivity contribution in [2.24, 2.45) is 0 Å². The lowest BCUT2D eigenvalue weighted by Crippen LogP contribution is -2.44. The number of rotatable bonds is 5. The van der Waals surface area contributed by atoms with Crippen LogP contribution in [0.25, 0.3) is 0 Å². The molecule has 1 unspecified atom stereocenters. The van der Waals surface area contributed by atoms with E-state index in [0.717, 1.165) is 0 Å². The van der Waals surface area contributed by atoms with Gasteiger partial charge in [-0.3, -0.25) is 9.59 Å². The maximum absolute atomic E-state index is 12.8. The van der Waals surface area contributed by atoms with E-state index in [4.69, 9.17) is 4.74 Å². The first-order valence-corrected chi connectivity index (χ1v) is 8.14. The van der Waals surface area contributed by atoms with E-state index in [1.165, 1.54) is 36.0 Å². The van der Waals surface area contributed by atoms with Gasteiger partial charge in [0.15, 0.2) is 0 Å². The standard InChI is InChI=1S/C15H19FN2O3S/c1-11(15(20)18-6-8-21-9-7-18)22-10-14(19)17-13-4-2-12(16)3-5-13/h2-5,11H,6-10H2,1H3,(H,17,19). The minimum Gasteiger partial charge on any atom is -0.378 e. The molecule has 0 aromatic heterocycles. The maximum Gasteiger partial charge on any atom is 0.235 e. The third-order valence-electron chi connectivity index (χ3n) is 3.26. The number of thioether (sulfide) groups is 1. The predicted octanol–water partition coefficient (Wildman–Crippen LogP) is 1.74. The number of ether oxygens (including phenoxy) is 1. The van der Waals surface area contributed by atoms with Gasteiger partial charge in [-0.15, -0.1) is 11.8 Å². The fraction of sp³-hybridized carbons (Fsp3) is 0.467. The summed E-state index contributed by atoms with van der Waals surface area (Å²) < 4.78 is 18.0. The number of hydrogen-bond acceptors (Lipinski definition) is 4. The summed E-state index contributed by atoms with van der Waals surface area (Å²) in [5.41, 5.74) is 0.541. The minimum absolute atomic E-state index is 0.0304. The lowest BCUT2D eigenvalue weighted by molar-refractivity contribution is -0.134. The summed E-state index contributed by atoms with van der Waals surface area (Å²) in [4.78, 5) is 25.8. The molecule has 0 bridgehead atoms. The molecule has 1 saturated heterocycles. The van der Waals surface area contributed by atoms with Crippen LogP contribution in [0.4, 0.5) is 10.1 Å². The van der Waals surface area contributed by atoms with Crippen molar-refractivity contribution in [2.75, 3.05) is 37.4 Å². The maximum atomic E-state index is 12.8. The second-order valence-corrected chi connectivity index (χ2v) is 6.28. The van der Waals surface area contributed by atoms with Crippen LogP contribution in [0.1, 0.15) is 6.92 Å². The zero-order chi connectivity index (χ0) is 15.9. The van der Waals surface area contributed by atoms with E-state index in [-0.39, 0.29) is 28.6 Å². The summed E-state index contributed by atoms with van der Waals surface area (Å²) in [5, 5.41) is 2.39. The zero-order valence-electron chi connectivity index (χ0n) is 12.4. The van der Waals surface area contributed by atoms with Crippen LogP contribution in [0.2, 0.25) is 0 Å². The Bertz CT molecular complexity index is 518. The van der Waals surface area contributed by atoms with Crippen molar-refractivity contribution in [3.63, 3.8) is 0 Å². The van der Waals surface area contributed by atoms with E-state index >= 15 is 0 Å². The highest BCUT2D eigenvalue weighted by Gasteiger charge is 2.23. The van der Waals surface area contributed by atoms with Gasteiger partial charge < -0.3 is 15.0 Å². The molecule has 1 fully saturated rings. The van der Waals surface area contributed by atoms with Crippen LogP contribution >= 0.6 is 11.8 Å². The number of hydrogen-bond donors (Lipinski definition) is 1.